The number of hydrogen-bond donors (Lipinski definition) is 0. The molecular formula is C10H12N2O2. The summed E-state index contributed by atoms with van der Waals surface area (Å²) in [6.45, 7) is 0. The van der Waals surface area contributed by atoms with Crippen LogP contribution in [0.5, 0.6) is 0 Å². The van der Waals surface area contributed by atoms with Gasteiger partial charge in [0.1, 0.15) is 5.78 Å². The van der Waals surface area contributed by atoms with Gasteiger partial charge in [0.05, 0.1) is 0 Å². The summed E-state index contributed by atoms with van der Waals surface area (Å²) < 4.78 is 1.63. The fourth-order valence-electron chi connectivity index (χ4n) is 1.85. The van der Waals surface area contributed by atoms with Gasteiger partial charge in [-0.25, -0.2) is 9.78 Å². The molecular weight excluding hydrogens is 180 g/mol. The Morgan fingerprint density at radius 1 is 1.29 bits per heavy atom. The third-order valence-corrected chi connectivity index (χ3v) is 2.64. The highest BCUT2D eigenvalue weighted by molar-refractivity contribution is 5.79. The number of carbonyl (C=O) groups is 1. The predicted molar refractivity (Wildman–Crippen MR) is 51.0 cm³/mol. The maximum Gasteiger partial charge on any atom is 0.347 e. The lowest BCUT2D eigenvalue weighted by atomic mass is 9.94. The molecule has 1 aliphatic rings. The van der Waals surface area contributed by atoms with Crippen molar-refractivity contribution in [2.24, 2.45) is 0 Å². The summed E-state index contributed by atoms with van der Waals surface area (Å²) in [6.07, 6.45) is 5.95. The highest BCUT2D eigenvalue weighted by Crippen LogP contribution is 2.24. The van der Waals surface area contributed by atoms with Crippen molar-refractivity contribution < 1.29 is 4.79 Å². The summed E-state index contributed by atoms with van der Waals surface area (Å²) in [5.74, 6) is 0.304. The minimum Gasteiger partial charge on any atom is -0.300 e. The third kappa shape index (κ3) is 1.73. The number of ketones is 1. The molecule has 1 aromatic heterocycles. The minimum absolute atomic E-state index is 0.161. The normalized spacial score (nSPS) is 18.4. The van der Waals surface area contributed by atoms with Crippen molar-refractivity contribution in [2.75, 3.05) is 0 Å². The predicted octanol–water partition coefficient (Wildman–Crippen LogP) is 0.927. The Bertz CT molecular complexity index is 387. The second-order valence-electron chi connectivity index (χ2n) is 3.58. The van der Waals surface area contributed by atoms with Crippen LogP contribution in [0.25, 0.3) is 0 Å². The Labute approximate surface area is 81.6 Å². The van der Waals surface area contributed by atoms with Gasteiger partial charge in [0.2, 0.25) is 0 Å². The lowest BCUT2D eigenvalue weighted by molar-refractivity contribution is -0.120. The molecule has 0 bridgehead atoms. The van der Waals surface area contributed by atoms with Gasteiger partial charge in [0.25, 0.3) is 0 Å². The van der Waals surface area contributed by atoms with E-state index < -0.39 is 0 Å². The highest BCUT2D eigenvalue weighted by Gasteiger charge is 2.20. The van der Waals surface area contributed by atoms with Crippen LogP contribution in [0.1, 0.15) is 31.7 Å². The zero-order chi connectivity index (χ0) is 9.97. The molecule has 1 aromatic rings. The Kier molecular flexibility index (Phi) is 2.43. The molecule has 74 valence electrons. The largest absolute Gasteiger partial charge is 0.347 e. The molecule has 0 unspecified atom stereocenters. The van der Waals surface area contributed by atoms with E-state index in [1.165, 1.54) is 6.20 Å². The van der Waals surface area contributed by atoms with Gasteiger partial charge in [-0.15, -0.1) is 0 Å². The van der Waals surface area contributed by atoms with Gasteiger partial charge in [-0.05, 0) is 18.9 Å². The van der Waals surface area contributed by atoms with Crippen LogP contribution in [-0.4, -0.2) is 15.3 Å². The molecule has 14 heavy (non-hydrogen) atoms. The summed E-state index contributed by atoms with van der Waals surface area (Å²) in [4.78, 5) is 26.1. The molecule has 4 heteroatoms. The first kappa shape index (κ1) is 9.12. The van der Waals surface area contributed by atoms with Gasteiger partial charge in [-0.2, -0.15) is 0 Å². The standard InChI is InChI=1S/C10H12N2O2/c13-9-4-2-8(3-5-9)12-7-1-6-11-10(12)14/h1,6-8H,2-5H2. The quantitative estimate of drug-likeness (QED) is 0.665. The van der Waals surface area contributed by atoms with E-state index in [1.54, 1.807) is 16.8 Å². The SMILES string of the molecule is O=C1CCC(n2cccnc2=O)CC1. The molecule has 0 saturated heterocycles. The summed E-state index contributed by atoms with van der Waals surface area (Å²) in [5.41, 5.74) is -0.216. The maximum atomic E-state index is 11.4. The number of nitrogens with zero attached hydrogens (tertiary/aromatic N) is 2. The molecule has 1 fully saturated rings. The van der Waals surface area contributed by atoms with Crippen molar-refractivity contribution in [2.45, 2.75) is 31.7 Å². The van der Waals surface area contributed by atoms with E-state index in [1.807, 2.05) is 0 Å². The van der Waals surface area contributed by atoms with Crippen molar-refractivity contribution in [3.63, 3.8) is 0 Å². The van der Waals surface area contributed by atoms with Gasteiger partial charge >= 0.3 is 5.69 Å². The third-order valence-electron chi connectivity index (χ3n) is 2.64. The van der Waals surface area contributed by atoms with Crippen molar-refractivity contribution in [3.8, 4) is 0 Å². The second-order valence-corrected chi connectivity index (χ2v) is 3.58. The highest BCUT2D eigenvalue weighted by atomic mass is 16.1. The van der Waals surface area contributed by atoms with Crippen LogP contribution in [0.15, 0.2) is 23.3 Å². The lowest BCUT2D eigenvalue weighted by Gasteiger charge is -2.22. The molecule has 0 radical (unpaired) electrons. The van der Waals surface area contributed by atoms with Crippen LogP contribution in [0.4, 0.5) is 0 Å². The van der Waals surface area contributed by atoms with Crippen molar-refractivity contribution >= 4 is 5.78 Å². The Morgan fingerprint density at radius 3 is 2.64 bits per heavy atom. The number of hydrogen-bond acceptors (Lipinski definition) is 3. The first-order valence-corrected chi connectivity index (χ1v) is 4.82. The van der Waals surface area contributed by atoms with Crippen LogP contribution < -0.4 is 5.69 Å². The van der Waals surface area contributed by atoms with Crippen LogP contribution in [0.2, 0.25) is 0 Å². The van der Waals surface area contributed by atoms with E-state index in [-0.39, 0.29) is 11.7 Å². The molecule has 4 nitrogen and oxygen atoms in total. The summed E-state index contributed by atoms with van der Waals surface area (Å²) in [6, 6.07) is 1.91. The van der Waals surface area contributed by atoms with Crippen molar-refractivity contribution in [3.05, 3.63) is 28.9 Å². The first-order chi connectivity index (χ1) is 6.77. The summed E-state index contributed by atoms with van der Waals surface area (Å²) in [7, 11) is 0. The maximum absolute atomic E-state index is 11.4. The van der Waals surface area contributed by atoms with E-state index in [2.05, 4.69) is 4.98 Å². The minimum atomic E-state index is -0.216. The molecule has 0 N–H and O–H groups in total. The van der Waals surface area contributed by atoms with Gasteiger partial charge < -0.3 is 0 Å². The molecule has 1 saturated carbocycles. The van der Waals surface area contributed by atoms with Gasteiger partial charge in [0.15, 0.2) is 0 Å². The zero-order valence-corrected chi connectivity index (χ0v) is 7.85. The second kappa shape index (κ2) is 3.74. The molecule has 2 rings (SSSR count). The van der Waals surface area contributed by atoms with Crippen LogP contribution >= 0.6 is 0 Å². The topological polar surface area (TPSA) is 52.0 Å². The van der Waals surface area contributed by atoms with Crippen LogP contribution in [0, 0.1) is 0 Å². The monoisotopic (exact) mass is 192 g/mol. The fraction of sp³-hybridized carbons (Fsp3) is 0.500. The summed E-state index contributed by atoms with van der Waals surface area (Å²) in [5, 5.41) is 0. The number of carbonyl (C=O) groups excluding carboxylic acids is 1. The van der Waals surface area contributed by atoms with E-state index in [9.17, 15) is 9.59 Å². The van der Waals surface area contributed by atoms with E-state index in [0.717, 1.165) is 12.8 Å². The van der Waals surface area contributed by atoms with E-state index >= 15 is 0 Å². The van der Waals surface area contributed by atoms with Gasteiger partial charge in [0, 0.05) is 31.3 Å². The molecule has 0 atom stereocenters. The zero-order valence-electron chi connectivity index (χ0n) is 7.85. The van der Waals surface area contributed by atoms with Gasteiger partial charge in [-0.3, -0.25) is 9.36 Å². The van der Waals surface area contributed by atoms with Crippen LogP contribution in [-0.2, 0) is 4.79 Å². The Hall–Kier alpha value is -1.45. The smallest absolute Gasteiger partial charge is 0.300 e. The number of rotatable bonds is 1. The van der Waals surface area contributed by atoms with E-state index in [4.69, 9.17) is 0 Å². The Morgan fingerprint density at radius 2 is 2.00 bits per heavy atom. The van der Waals surface area contributed by atoms with Crippen LogP contribution in [0.3, 0.4) is 0 Å². The number of Topliss-reactive ketones (excluding diaryl/α,β-unsaturated/α-hetero) is 1. The molecule has 1 aliphatic carbocycles. The first-order valence-electron chi connectivity index (χ1n) is 4.82. The molecule has 0 aliphatic heterocycles. The summed E-state index contributed by atoms with van der Waals surface area (Å²) >= 11 is 0. The number of aromatic nitrogens is 2. The Balaban J connectivity index is 2.20. The lowest BCUT2D eigenvalue weighted by Crippen LogP contribution is -2.28. The molecule has 0 spiro atoms. The van der Waals surface area contributed by atoms with Crippen molar-refractivity contribution in [1.82, 2.24) is 9.55 Å². The van der Waals surface area contributed by atoms with E-state index in [0.29, 0.717) is 18.6 Å². The van der Waals surface area contributed by atoms with Gasteiger partial charge in [-0.1, -0.05) is 0 Å². The fourth-order valence-corrected chi connectivity index (χ4v) is 1.85. The molecule has 0 amide bonds. The average molecular weight is 192 g/mol. The van der Waals surface area contributed by atoms with Crippen molar-refractivity contribution in [1.29, 1.82) is 0 Å². The molecule has 0 aromatic carbocycles. The average Bonchev–Trinajstić information content (AvgIpc) is 2.20. The molecule has 1 heterocycles.